The van der Waals surface area contributed by atoms with Gasteiger partial charge in [0, 0.05) is 47.0 Å². The summed E-state index contributed by atoms with van der Waals surface area (Å²) >= 11 is 0. The van der Waals surface area contributed by atoms with Crippen LogP contribution >= 0.6 is 0 Å². The number of rotatable bonds is 8. The third-order valence-electron chi connectivity index (χ3n) is 4.99. The van der Waals surface area contributed by atoms with E-state index in [2.05, 4.69) is 18.4 Å². The molecule has 166 valence electrons. The fraction of sp³-hybridized carbons (Fsp3) is 0.292. The Morgan fingerprint density at radius 2 is 1.75 bits per heavy atom. The van der Waals surface area contributed by atoms with Gasteiger partial charge in [0.15, 0.2) is 0 Å². The van der Waals surface area contributed by atoms with E-state index in [4.69, 9.17) is 0 Å². The number of carbonyl (C=O) groups excluding carboxylic acids is 1. The first-order valence-electron chi connectivity index (χ1n) is 9.91. The fourth-order valence-corrected chi connectivity index (χ4v) is 3.76. The molecule has 3 rings (SSSR count). The molecular weight excluding hydrogens is 424 g/mol. The van der Waals surface area contributed by atoms with Crippen LogP contribution in [0, 0.1) is 5.82 Å². The molecule has 0 spiro atoms. The van der Waals surface area contributed by atoms with Crippen LogP contribution in [0.3, 0.4) is 0 Å². The van der Waals surface area contributed by atoms with Crippen molar-refractivity contribution in [2.75, 3.05) is 0 Å². The zero-order chi connectivity index (χ0) is 21.8. The number of carbonyl (C=O) groups is 1. The van der Waals surface area contributed by atoms with Crippen molar-refractivity contribution in [2.24, 2.45) is 0 Å². The largest absolute Gasteiger partial charge is 1.00 e. The summed E-state index contributed by atoms with van der Waals surface area (Å²) in [6.45, 7) is 4.11. The number of hydrogen-bond donors (Lipinski definition) is 2. The van der Waals surface area contributed by atoms with Gasteiger partial charge in [0.2, 0.25) is 0 Å². The Morgan fingerprint density at radius 3 is 2.34 bits per heavy atom. The molecule has 0 saturated carbocycles. The number of nitrogens with zero attached hydrogens (tertiary/aromatic N) is 1. The van der Waals surface area contributed by atoms with Crippen LogP contribution in [0.2, 0.25) is 0 Å². The molecule has 0 fully saturated rings. The molecule has 0 bridgehead atoms. The minimum atomic E-state index is -1.36. The van der Waals surface area contributed by atoms with E-state index in [1.165, 1.54) is 12.1 Å². The molecule has 0 radical (unpaired) electrons. The molecule has 1 aromatic heterocycles. The second-order valence-corrected chi connectivity index (χ2v) is 7.64. The second-order valence-electron chi connectivity index (χ2n) is 7.64. The predicted molar refractivity (Wildman–Crippen MR) is 117 cm³/mol. The first-order valence-corrected chi connectivity index (χ1v) is 9.91. The summed E-state index contributed by atoms with van der Waals surface area (Å²) < 4.78 is 15.6. The Balaban J connectivity index is 0.00000256. The van der Waals surface area contributed by atoms with Crippen LogP contribution in [0.4, 0.5) is 4.39 Å². The average molecular weight is 451 g/mol. The summed E-state index contributed by atoms with van der Waals surface area (Å²) in [5.74, 6) is -1.68. The maximum Gasteiger partial charge on any atom is 1.00 e. The smallest absolute Gasteiger partial charge is 0.550 e. The molecule has 0 aliphatic carbocycles. The molecule has 0 amide bonds. The molecule has 0 aliphatic heterocycles. The quantitative estimate of drug-likeness (QED) is 0.448. The van der Waals surface area contributed by atoms with Gasteiger partial charge in [0.05, 0.1) is 12.2 Å². The number of aliphatic hydroxyl groups excluding tert-OH is 2. The van der Waals surface area contributed by atoms with Crippen molar-refractivity contribution in [1.29, 1.82) is 0 Å². The standard InChI is InChI=1S/C24H26FNO4.Na.H2O/c1-15(2)26-21-6-4-3-5-20(21)24(16-7-9-17(25)10-8-16)22(26)12-11-18(27)13-19(28)14-23(29)30;;/h3-12,15,18-19,27-28H,13-14H2,1-2H3,(H,29,30);;1H2/q;+1;/p-1/b12-11+;;/t18-,19-;;/m1../s1. The summed E-state index contributed by atoms with van der Waals surface area (Å²) in [4.78, 5) is 10.6. The van der Waals surface area contributed by atoms with Crippen molar-refractivity contribution >= 4 is 22.9 Å². The van der Waals surface area contributed by atoms with Crippen LogP contribution < -0.4 is 34.7 Å². The minimum Gasteiger partial charge on any atom is -0.550 e. The van der Waals surface area contributed by atoms with Crippen LogP contribution in [0.5, 0.6) is 0 Å². The van der Waals surface area contributed by atoms with Crippen molar-refractivity contribution in [1.82, 2.24) is 4.57 Å². The normalized spacial score (nSPS) is 13.1. The monoisotopic (exact) mass is 451 g/mol. The number of benzene rings is 2. The van der Waals surface area contributed by atoms with E-state index in [0.717, 1.165) is 27.7 Å². The predicted octanol–water partition coefficient (Wildman–Crippen LogP) is -0.527. The van der Waals surface area contributed by atoms with Crippen LogP contribution in [-0.2, 0) is 4.79 Å². The number of aliphatic carboxylic acids is 1. The molecule has 32 heavy (non-hydrogen) atoms. The van der Waals surface area contributed by atoms with E-state index < -0.39 is 24.6 Å². The first-order chi connectivity index (χ1) is 14.3. The number of hydrogen-bond acceptors (Lipinski definition) is 4. The van der Waals surface area contributed by atoms with E-state index in [1.807, 2.05) is 24.3 Å². The van der Waals surface area contributed by atoms with Crippen LogP contribution in [0.25, 0.3) is 28.1 Å². The Hall–Kier alpha value is -2.00. The number of carboxylic acids is 1. The minimum absolute atomic E-state index is 0. The van der Waals surface area contributed by atoms with E-state index in [1.54, 1.807) is 24.3 Å². The Morgan fingerprint density at radius 1 is 1.12 bits per heavy atom. The third kappa shape index (κ3) is 6.51. The summed E-state index contributed by atoms with van der Waals surface area (Å²) in [6.07, 6.45) is 0.450. The van der Waals surface area contributed by atoms with Crippen molar-refractivity contribution < 1.29 is 59.5 Å². The van der Waals surface area contributed by atoms with Crippen molar-refractivity contribution in [3.05, 3.63) is 66.1 Å². The molecular formula is C24H27FNNaO5. The topological polar surface area (TPSA) is 117 Å². The van der Waals surface area contributed by atoms with Crippen molar-refractivity contribution in [2.45, 2.75) is 44.9 Å². The number of carboxylic acid groups (broad SMARTS) is 1. The number of para-hydroxylation sites is 1. The van der Waals surface area contributed by atoms with E-state index in [-0.39, 0.29) is 53.3 Å². The van der Waals surface area contributed by atoms with Gasteiger partial charge in [0.25, 0.3) is 0 Å². The fourth-order valence-electron chi connectivity index (χ4n) is 3.76. The van der Waals surface area contributed by atoms with Crippen LogP contribution in [-0.4, -0.2) is 38.4 Å². The van der Waals surface area contributed by atoms with Gasteiger partial charge < -0.3 is 30.2 Å². The van der Waals surface area contributed by atoms with Gasteiger partial charge in [-0.15, -0.1) is 0 Å². The summed E-state index contributed by atoms with van der Waals surface area (Å²) in [6, 6.07) is 14.3. The van der Waals surface area contributed by atoms with Gasteiger partial charge in [0.1, 0.15) is 5.82 Å². The summed E-state index contributed by atoms with van der Waals surface area (Å²) in [7, 11) is 0. The van der Waals surface area contributed by atoms with Gasteiger partial charge in [-0.3, -0.25) is 0 Å². The molecule has 6 nitrogen and oxygen atoms in total. The van der Waals surface area contributed by atoms with Gasteiger partial charge in [-0.1, -0.05) is 36.4 Å². The van der Waals surface area contributed by atoms with Gasteiger partial charge in [-0.2, -0.15) is 0 Å². The summed E-state index contributed by atoms with van der Waals surface area (Å²) in [5, 5.41) is 31.6. The van der Waals surface area contributed by atoms with Crippen LogP contribution in [0.15, 0.2) is 54.6 Å². The number of aliphatic hydroxyl groups is 2. The summed E-state index contributed by atoms with van der Waals surface area (Å²) in [5.41, 5.74) is 3.61. The number of aromatic nitrogens is 1. The molecule has 4 N–H and O–H groups in total. The molecule has 0 saturated heterocycles. The average Bonchev–Trinajstić information content (AvgIpc) is 3.00. The maximum absolute atomic E-state index is 13.5. The van der Waals surface area contributed by atoms with E-state index in [0.29, 0.717) is 0 Å². The van der Waals surface area contributed by atoms with Crippen molar-refractivity contribution in [3.63, 3.8) is 0 Å². The molecule has 2 aromatic carbocycles. The molecule has 1 heterocycles. The maximum atomic E-state index is 13.5. The first kappa shape index (κ1) is 28.0. The third-order valence-corrected chi connectivity index (χ3v) is 4.99. The van der Waals surface area contributed by atoms with Crippen LogP contribution in [0.1, 0.15) is 38.4 Å². The van der Waals surface area contributed by atoms with Gasteiger partial charge in [-0.05, 0) is 43.7 Å². The molecule has 0 unspecified atom stereocenters. The Labute approximate surface area is 208 Å². The second kappa shape index (κ2) is 12.3. The number of halogens is 1. The SMILES string of the molecule is CC(C)n1c(/C=C/[C@@H](O)C[C@@H](O)CC(=O)[O-])c(-c2ccc(F)cc2)c2ccccc21.O.[Na+]. The van der Waals surface area contributed by atoms with E-state index >= 15 is 0 Å². The molecule has 2 atom stereocenters. The zero-order valence-electron chi connectivity index (χ0n) is 18.5. The number of fused-ring (bicyclic) bond motifs is 1. The van der Waals surface area contributed by atoms with Crippen molar-refractivity contribution in [3.8, 4) is 11.1 Å². The van der Waals surface area contributed by atoms with E-state index in [9.17, 15) is 24.5 Å². The molecule has 3 aromatic rings. The van der Waals surface area contributed by atoms with Gasteiger partial charge >= 0.3 is 29.6 Å². The Kier molecular flexibility index (Phi) is 10.8. The molecule has 8 heteroatoms. The zero-order valence-corrected chi connectivity index (χ0v) is 20.5. The Bertz CT molecular complexity index is 1060. The molecule has 0 aliphatic rings. The van der Waals surface area contributed by atoms with Gasteiger partial charge in [-0.25, -0.2) is 4.39 Å².